The van der Waals surface area contributed by atoms with E-state index in [1.807, 2.05) is 0 Å². The average Bonchev–Trinajstić information content (AvgIpc) is 2.92. The van der Waals surface area contributed by atoms with Crippen LogP contribution in [0.4, 0.5) is 5.69 Å². The van der Waals surface area contributed by atoms with Crippen molar-refractivity contribution in [1.82, 2.24) is 4.90 Å². The van der Waals surface area contributed by atoms with E-state index in [1.165, 1.54) is 0 Å². The van der Waals surface area contributed by atoms with Gasteiger partial charge in [-0.05, 0) is 43.3 Å². The quantitative estimate of drug-likeness (QED) is 0.626. The maximum atomic E-state index is 12.3. The Balaban J connectivity index is 1.55. The zero-order valence-corrected chi connectivity index (χ0v) is 14.7. The maximum Gasteiger partial charge on any atom is 0.338 e. The molecule has 0 atom stereocenters. The topological polar surface area (TPSA) is 92.8 Å². The first-order valence-corrected chi connectivity index (χ1v) is 8.53. The van der Waals surface area contributed by atoms with Crippen LogP contribution in [0.1, 0.15) is 44.4 Å². The second-order valence-corrected chi connectivity index (χ2v) is 5.90. The molecule has 0 bridgehead atoms. The van der Waals surface area contributed by atoms with Crippen LogP contribution in [0.2, 0.25) is 0 Å². The molecule has 1 heterocycles. The number of esters is 1. The summed E-state index contributed by atoms with van der Waals surface area (Å²) in [6.07, 6.45) is -0.0227. The van der Waals surface area contributed by atoms with Gasteiger partial charge < -0.3 is 10.1 Å². The summed E-state index contributed by atoms with van der Waals surface area (Å²) in [4.78, 5) is 49.3. The lowest BCUT2D eigenvalue weighted by Gasteiger charge is -2.13. The zero-order chi connectivity index (χ0) is 19.4. The smallest absolute Gasteiger partial charge is 0.338 e. The van der Waals surface area contributed by atoms with Gasteiger partial charge in [0.1, 0.15) is 0 Å². The largest absolute Gasteiger partial charge is 0.462 e. The molecule has 2 aromatic carbocycles. The number of amides is 3. The van der Waals surface area contributed by atoms with Gasteiger partial charge >= 0.3 is 5.97 Å². The van der Waals surface area contributed by atoms with Crippen molar-refractivity contribution >= 4 is 29.4 Å². The van der Waals surface area contributed by atoms with Gasteiger partial charge in [-0.25, -0.2) is 4.79 Å². The Morgan fingerprint density at radius 1 is 0.963 bits per heavy atom. The monoisotopic (exact) mass is 366 g/mol. The van der Waals surface area contributed by atoms with Crippen molar-refractivity contribution in [3.05, 3.63) is 65.2 Å². The third-order valence-electron chi connectivity index (χ3n) is 4.12. The summed E-state index contributed by atoms with van der Waals surface area (Å²) in [6.45, 7) is 2.01. The number of hydrogen-bond acceptors (Lipinski definition) is 5. The molecule has 7 heteroatoms. The minimum atomic E-state index is -0.430. The normalized spacial score (nSPS) is 12.7. The van der Waals surface area contributed by atoms with Crippen LogP contribution in [-0.2, 0) is 9.53 Å². The minimum absolute atomic E-state index is 0.000903. The second kappa shape index (κ2) is 7.82. The summed E-state index contributed by atoms with van der Waals surface area (Å²) in [5.41, 5.74) is 1.62. The second-order valence-electron chi connectivity index (χ2n) is 5.90. The van der Waals surface area contributed by atoms with E-state index in [2.05, 4.69) is 5.32 Å². The third-order valence-corrected chi connectivity index (χ3v) is 4.12. The fourth-order valence-corrected chi connectivity index (χ4v) is 2.78. The summed E-state index contributed by atoms with van der Waals surface area (Å²) in [5.74, 6) is -1.54. The van der Waals surface area contributed by atoms with E-state index in [1.54, 1.807) is 55.5 Å². The van der Waals surface area contributed by atoms with Gasteiger partial charge in [0.15, 0.2) is 0 Å². The summed E-state index contributed by atoms with van der Waals surface area (Å²) in [5, 5.41) is 2.67. The molecule has 1 aliphatic rings. The lowest BCUT2D eigenvalue weighted by atomic mass is 10.1. The Morgan fingerprint density at radius 2 is 1.56 bits per heavy atom. The van der Waals surface area contributed by atoms with Gasteiger partial charge in [0.25, 0.3) is 11.8 Å². The molecule has 0 saturated carbocycles. The van der Waals surface area contributed by atoms with Crippen molar-refractivity contribution < 1.29 is 23.9 Å². The van der Waals surface area contributed by atoms with Gasteiger partial charge in [-0.15, -0.1) is 0 Å². The molecule has 1 aliphatic heterocycles. The first kappa shape index (κ1) is 18.3. The fraction of sp³-hybridized carbons (Fsp3) is 0.200. The van der Waals surface area contributed by atoms with Gasteiger partial charge in [0.05, 0.1) is 23.3 Å². The van der Waals surface area contributed by atoms with Crippen molar-refractivity contribution in [2.24, 2.45) is 0 Å². The highest BCUT2D eigenvalue weighted by Gasteiger charge is 2.34. The predicted octanol–water partition coefficient (Wildman–Crippen LogP) is 2.49. The molecule has 0 fully saturated rings. The van der Waals surface area contributed by atoms with Crippen molar-refractivity contribution in [2.75, 3.05) is 18.5 Å². The molecule has 0 saturated heterocycles. The van der Waals surface area contributed by atoms with Gasteiger partial charge in [-0.1, -0.05) is 12.1 Å². The van der Waals surface area contributed by atoms with Crippen molar-refractivity contribution in [3.8, 4) is 0 Å². The number of fused-ring (bicyclic) bond motifs is 1. The van der Waals surface area contributed by atoms with Crippen LogP contribution >= 0.6 is 0 Å². The van der Waals surface area contributed by atoms with Crippen molar-refractivity contribution in [1.29, 1.82) is 0 Å². The van der Waals surface area contributed by atoms with Crippen LogP contribution < -0.4 is 5.32 Å². The molecule has 0 radical (unpaired) electrons. The van der Waals surface area contributed by atoms with E-state index in [0.717, 1.165) is 4.90 Å². The lowest BCUT2D eigenvalue weighted by Crippen LogP contribution is -2.32. The molecule has 3 amide bonds. The van der Waals surface area contributed by atoms with Gasteiger partial charge in [-0.2, -0.15) is 0 Å². The number of ether oxygens (including phenoxy) is 1. The van der Waals surface area contributed by atoms with E-state index >= 15 is 0 Å². The first-order chi connectivity index (χ1) is 13.0. The zero-order valence-electron chi connectivity index (χ0n) is 14.7. The molecule has 1 N–H and O–H groups in total. The number of carbonyl (C=O) groups is 4. The number of nitrogens with one attached hydrogen (secondary N) is 1. The van der Waals surface area contributed by atoms with Crippen LogP contribution in [-0.4, -0.2) is 41.7 Å². The number of anilines is 1. The van der Waals surface area contributed by atoms with Crippen LogP contribution in [0.3, 0.4) is 0 Å². The van der Waals surface area contributed by atoms with E-state index in [-0.39, 0.29) is 37.3 Å². The van der Waals surface area contributed by atoms with Crippen LogP contribution in [0.25, 0.3) is 0 Å². The van der Waals surface area contributed by atoms with Crippen molar-refractivity contribution in [2.45, 2.75) is 13.3 Å². The Hall–Kier alpha value is -3.48. The summed E-state index contributed by atoms with van der Waals surface area (Å²) in [6, 6.07) is 12.9. The molecular formula is C20H18N2O5. The Morgan fingerprint density at radius 3 is 2.11 bits per heavy atom. The van der Waals surface area contributed by atoms with E-state index in [4.69, 9.17) is 4.74 Å². The third kappa shape index (κ3) is 3.87. The van der Waals surface area contributed by atoms with E-state index in [0.29, 0.717) is 22.4 Å². The molecule has 0 spiro atoms. The Bertz CT molecular complexity index is 870. The molecule has 138 valence electrons. The number of hydrogen-bond donors (Lipinski definition) is 1. The van der Waals surface area contributed by atoms with Gasteiger partial charge in [0.2, 0.25) is 5.91 Å². The molecule has 2 aromatic rings. The predicted molar refractivity (Wildman–Crippen MR) is 97.5 cm³/mol. The Kier molecular flexibility index (Phi) is 5.30. The minimum Gasteiger partial charge on any atom is -0.462 e. The molecule has 7 nitrogen and oxygen atoms in total. The van der Waals surface area contributed by atoms with Gasteiger partial charge in [-0.3, -0.25) is 19.3 Å². The highest BCUT2D eigenvalue weighted by atomic mass is 16.5. The summed E-state index contributed by atoms with van der Waals surface area (Å²) in [7, 11) is 0. The average molecular weight is 366 g/mol. The van der Waals surface area contributed by atoms with Crippen molar-refractivity contribution in [3.63, 3.8) is 0 Å². The number of nitrogens with zero attached hydrogens (tertiary/aromatic N) is 1. The van der Waals surface area contributed by atoms with Crippen LogP contribution in [0.15, 0.2) is 48.5 Å². The lowest BCUT2D eigenvalue weighted by molar-refractivity contribution is -0.116. The Labute approximate surface area is 155 Å². The maximum absolute atomic E-state index is 12.3. The summed E-state index contributed by atoms with van der Waals surface area (Å²) < 4.78 is 4.90. The van der Waals surface area contributed by atoms with E-state index < -0.39 is 5.97 Å². The highest BCUT2D eigenvalue weighted by Crippen LogP contribution is 2.22. The molecular weight excluding hydrogens is 348 g/mol. The molecule has 3 rings (SSSR count). The molecule has 0 aromatic heterocycles. The molecule has 0 unspecified atom stereocenters. The molecule has 0 aliphatic carbocycles. The van der Waals surface area contributed by atoms with Crippen LogP contribution in [0, 0.1) is 0 Å². The highest BCUT2D eigenvalue weighted by molar-refractivity contribution is 6.21. The number of imide groups is 1. The summed E-state index contributed by atoms with van der Waals surface area (Å²) >= 11 is 0. The standard InChI is InChI=1S/C20H18N2O5/c1-2-27-20(26)13-7-9-14(10-8-13)21-17(23)11-12-22-18(24)15-5-3-4-6-16(15)19(22)25/h3-10H,2,11-12H2,1H3,(H,21,23). The van der Waals surface area contributed by atoms with Crippen LogP contribution in [0.5, 0.6) is 0 Å². The van der Waals surface area contributed by atoms with E-state index in [9.17, 15) is 19.2 Å². The molecule has 27 heavy (non-hydrogen) atoms. The number of carbonyl (C=O) groups excluding carboxylic acids is 4. The first-order valence-electron chi connectivity index (χ1n) is 8.53. The SMILES string of the molecule is CCOC(=O)c1ccc(NC(=O)CCN2C(=O)c3ccccc3C2=O)cc1. The number of benzene rings is 2. The number of rotatable bonds is 6. The fourth-order valence-electron chi connectivity index (χ4n) is 2.78. The van der Waals surface area contributed by atoms with Gasteiger partial charge in [0, 0.05) is 18.7 Å².